The number of thiazole rings is 1. The third kappa shape index (κ3) is 3.58. The molecule has 0 saturated heterocycles. The van der Waals surface area contributed by atoms with Crippen LogP contribution in [-0.2, 0) is 22.6 Å². The Kier molecular flexibility index (Phi) is 4.47. The smallest absolute Gasteiger partial charge is 0.250 e. The zero-order chi connectivity index (χ0) is 19.8. The first-order valence-corrected chi connectivity index (χ1v) is 10.3. The van der Waals surface area contributed by atoms with Gasteiger partial charge >= 0.3 is 0 Å². The monoisotopic (exact) mass is 409 g/mol. The first kappa shape index (κ1) is 17.8. The Morgan fingerprint density at radius 3 is 2.93 bits per heavy atom. The summed E-state index contributed by atoms with van der Waals surface area (Å²) in [7, 11) is 0. The van der Waals surface area contributed by atoms with Crippen LogP contribution in [0.3, 0.4) is 0 Å². The summed E-state index contributed by atoms with van der Waals surface area (Å²) >= 11 is 1.59. The summed E-state index contributed by atoms with van der Waals surface area (Å²) in [4.78, 5) is 34.5. The number of fused-ring (bicyclic) bond motifs is 2. The van der Waals surface area contributed by atoms with Crippen LogP contribution < -0.4 is 16.0 Å². The van der Waals surface area contributed by atoms with Crippen molar-refractivity contribution in [3.05, 3.63) is 40.9 Å². The molecule has 1 aromatic carbocycles. The molecule has 2 aromatic heterocycles. The quantitative estimate of drug-likeness (QED) is 0.611. The Labute approximate surface area is 170 Å². The molecule has 10 heteroatoms. The number of para-hydroxylation sites is 1. The Balaban J connectivity index is 1.33. The predicted octanol–water partition coefficient (Wildman–Crippen LogP) is 2.88. The van der Waals surface area contributed by atoms with Gasteiger partial charge in [0.05, 0.1) is 18.2 Å². The third-order valence-electron chi connectivity index (χ3n) is 5.00. The van der Waals surface area contributed by atoms with E-state index in [0.717, 1.165) is 40.7 Å². The molecule has 1 aliphatic heterocycles. The number of nitrogens with one attached hydrogen (secondary N) is 3. The van der Waals surface area contributed by atoms with Crippen LogP contribution in [0.15, 0.2) is 30.3 Å². The molecule has 0 fully saturated rings. The molecule has 0 spiro atoms. The van der Waals surface area contributed by atoms with Crippen LogP contribution in [0.5, 0.6) is 0 Å². The van der Waals surface area contributed by atoms with Crippen LogP contribution in [0, 0.1) is 0 Å². The van der Waals surface area contributed by atoms with Gasteiger partial charge in [0, 0.05) is 17.0 Å². The molecule has 1 atom stereocenters. The molecule has 2 aliphatic rings. The summed E-state index contributed by atoms with van der Waals surface area (Å²) in [5.41, 5.74) is 1.80. The lowest BCUT2D eigenvalue weighted by atomic mass is 9.90. The summed E-state index contributed by atoms with van der Waals surface area (Å²) in [6, 6.07) is 9.86. The molecule has 3 heterocycles. The van der Waals surface area contributed by atoms with E-state index in [4.69, 9.17) is 4.98 Å². The number of carbonyl (C=O) groups is 2. The molecule has 3 N–H and O–H groups in total. The van der Waals surface area contributed by atoms with Crippen molar-refractivity contribution in [3.63, 3.8) is 0 Å². The maximum Gasteiger partial charge on any atom is 0.250 e. The first-order chi connectivity index (χ1) is 14.2. The standard InChI is InChI=1S/C19H19N7O2S/c27-14-9-10-26-18(21-14)24-17(25-26)23-16(28)12-7-4-8-13-15(12)22-19(29-13)20-11-5-2-1-3-6-11/h1-3,5-6,12H,4,7-10H2,(H,20,22)(H2,21,23,24,25,27,28). The Morgan fingerprint density at radius 1 is 1.21 bits per heavy atom. The van der Waals surface area contributed by atoms with Gasteiger partial charge in [-0.15, -0.1) is 16.4 Å². The Hall–Kier alpha value is -3.27. The highest BCUT2D eigenvalue weighted by atomic mass is 32.1. The molecular formula is C19H19N7O2S. The largest absolute Gasteiger partial charge is 0.332 e. The molecule has 5 rings (SSSR count). The van der Waals surface area contributed by atoms with Crippen LogP contribution in [0.1, 0.15) is 35.8 Å². The van der Waals surface area contributed by atoms with E-state index < -0.39 is 0 Å². The van der Waals surface area contributed by atoms with E-state index >= 15 is 0 Å². The topological polar surface area (TPSA) is 114 Å². The molecule has 0 radical (unpaired) electrons. The average molecular weight is 409 g/mol. The van der Waals surface area contributed by atoms with Gasteiger partial charge in [0.15, 0.2) is 5.13 Å². The minimum atomic E-state index is -0.337. The van der Waals surface area contributed by atoms with Crippen molar-refractivity contribution < 1.29 is 9.59 Å². The van der Waals surface area contributed by atoms with Crippen LogP contribution in [0.4, 0.5) is 22.7 Å². The van der Waals surface area contributed by atoms with E-state index in [2.05, 4.69) is 26.0 Å². The summed E-state index contributed by atoms with van der Waals surface area (Å²) in [6.07, 6.45) is 2.95. The second-order valence-corrected chi connectivity index (χ2v) is 8.12. The number of aryl methyl sites for hydroxylation is 2. The number of nitrogens with zero attached hydrogens (tertiary/aromatic N) is 4. The number of aromatic nitrogens is 4. The van der Waals surface area contributed by atoms with Crippen molar-refractivity contribution >= 4 is 45.9 Å². The van der Waals surface area contributed by atoms with E-state index in [1.54, 1.807) is 16.0 Å². The Bertz CT molecular complexity index is 1080. The van der Waals surface area contributed by atoms with Gasteiger partial charge in [-0.05, 0) is 31.4 Å². The van der Waals surface area contributed by atoms with Crippen molar-refractivity contribution in [2.75, 3.05) is 16.0 Å². The molecule has 148 valence electrons. The number of benzene rings is 1. The molecule has 3 aromatic rings. The summed E-state index contributed by atoms with van der Waals surface area (Å²) in [5, 5.41) is 13.8. The molecular weight excluding hydrogens is 390 g/mol. The second kappa shape index (κ2) is 7.28. The summed E-state index contributed by atoms with van der Waals surface area (Å²) in [5.74, 6) is -0.0325. The van der Waals surface area contributed by atoms with Gasteiger partial charge in [-0.25, -0.2) is 9.67 Å². The molecule has 0 saturated carbocycles. The van der Waals surface area contributed by atoms with E-state index in [-0.39, 0.29) is 23.7 Å². The fourth-order valence-electron chi connectivity index (χ4n) is 3.61. The fourth-order valence-corrected chi connectivity index (χ4v) is 4.69. The highest BCUT2D eigenvalue weighted by Crippen LogP contribution is 2.38. The summed E-state index contributed by atoms with van der Waals surface area (Å²) < 4.78 is 1.59. The minimum Gasteiger partial charge on any atom is -0.332 e. The van der Waals surface area contributed by atoms with Gasteiger partial charge in [0.25, 0.3) is 5.95 Å². The lowest BCUT2D eigenvalue weighted by Gasteiger charge is -2.19. The van der Waals surface area contributed by atoms with Crippen molar-refractivity contribution in [2.45, 2.75) is 38.1 Å². The zero-order valence-corrected chi connectivity index (χ0v) is 16.3. The normalized spacial score (nSPS) is 17.8. The molecule has 2 amide bonds. The first-order valence-electron chi connectivity index (χ1n) is 9.53. The maximum absolute atomic E-state index is 12.9. The number of rotatable bonds is 4. The van der Waals surface area contributed by atoms with Crippen molar-refractivity contribution in [1.82, 2.24) is 19.7 Å². The number of hydrogen-bond acceptors (Lipinski definition) is 7. The fraction of sp³-hybridized carbons (Fsp3) is 0.316. The van der Waals surface area contributed by atoms with Crippen LogP contribution in [0.2, 0.25) is 0 Å². The van der Waals surface area contributed by atoms with Crippen molar-refractivity contribution in [2.24, 2.45) is 0 Å². The minimum absolute atomic E-state index is 0.0967. The SMILES string of the molecule is O=C1CCn2nc(NC(=O)C3CCCc4sc(Nc5ccccc5)nc43)nc2N1. The van der Waals surface area contributed by atoms with E-state index in [9.17, 15) is 9.59 Å². The van der Waals surface area contributed by atoms with Crippen LogP contribution in [0.25, 0.3) is 0 Å². The zero-order valence-electron chi connectivity index (χ0n) is 15.5. The molecule has 9 nitrogen and oxygen atoms in total. The van der Waals surface area contributed by atoms with Crippen LogP contribution >= 0.6 is 11.3 Å². The number of anilines is 4. The van der Waals surface area contributed by atoms with Gasteiger partial charge in [-0.2, -0.15) is 4.98 Å². The van der Waals surface area contributed by atoms with Crippen molar-refractivity contribution in [3.8, 4) is 0 Å². The molecule has 0 bridgehead atoms. The second-order valence-electron chi connectivity index (χ2n) is 7.03. The number of carbonyl (C=O) groups excluding carboxylic acids is 2. The third-order valence-corrected chi connectivity index (χ3v) is 6.05. The van der Waals surface area contributed by atoms with Crippen LogP contribution in [-0.4, -0.2) is 31.6 Å². The van der Waals surface area contributed by atoms with E-state index in [1.165, 1.54) is 0 Å². The van der Waals surface area contributed by atoms with Gasteiger partial charge < -0.3 is 5.32 Å². The lowest BCUT2D eigenvalue weighted by molar-refractivity contribution is -0.118. The Morgan fingerprint density at radius 2 is 2.07 bits per heavy atom. The molecule has 1 aliphatic carbocycles. The highest BCUT2D eigenvalue weighted by Gasteiger charge is 2.31. The average Bonchev–Trinajstić information content (AvgIpc) is 3.30. The van der Waals surface area contributed by atoms with Crippen molar-refractivity contribution in [1.29, 1.82) is 0 Å². The number of amides is 2. The molecule has 1 unspecified atom stereocenters. The van der Waals surface area contributed by atoms with E-state index in [0.29, 0.717) is 18.9 Å². The maximum atomic E-state index is 12.9. The highest BCUT2D eigenvalue weighted by molar-refractivity contribution is 7.15. The van der Waals surface area contributed by atoms with Gasteiger partial charge in [0.1, 0.15) is 0 Å². The van der Waals surface area contributed by atoms with Gasteiger partial charge in [0.2, 0.25) is 17.8 Å². The van der Waals surface area contributed by atoms with Gasteiger partial charge in [-0.3, -0.25) is 20.2 Å². The number of hydrogen-bond donors (Lipinski definition) is 3. The predicted molar refractivity (Wildman–Crippen MR) is 109 cm³/mol. The van der Waals surface area contributed by atoms with Gasteiger partial charge in [-0.1, -0.05) is 18.2 Å². The van der Waals surface area contributed by atoms with E-state index in [1.807, 2.05) is 30.3 Å². The lowest BCUT2D eigenvalue weighted by Crippen LogP contribution is -2.25. The summed E-state index contributed by atoms with van der Waals surface area (Å²) in [6.45, 7) is 0.457. The molecule has 29 heavy (non-hydrogen) atoms.